The van der Waals surface area contributed by atoms with Gasteiger partial charge in [-0.25, -0.2) is 0 Å². The second-order valence-electron chi connectivity index (χ2n) is 28.7. The number of rotatable bonds is 23. The van der Waals surface area contributed by atoms with Crippen LogP contribution in [0.5, 0.6) is 0 Å². The van der Waals surface area contributed by atoms with Crippen molar-refractivity contribution in [2.75, 3.05) is 37.7 Å². The van der Waals surface area contributed by atoms with E-state index in [1.165, 1.54) is 0 Å². The van der Waals surface area contributed by atoms with Gasteiger partial charge < -0.3 is 107 Å². The van der Waals surface area contributed by atoms with E-state index in [0.29, 0.717) is 57.8 Å². The Balaban J connectivity index is 1.16. The minimum atomic E-state index is -1.84. The fourth-order valence-corrected chi connectivity index (χ4v) is 14.1. The van der Waals surface area contributed by atoms with Crippen LogP contribution in [0, 0.1) is 11.3 Å². The van der Waals surface area contributed by atoms with Crippen LogP contribution in [-0.4, -0.2) is 202 Å². The van der Waals surface area contributed by atoms with Crippen LogP contribution in [0.2, 0.25) is 0 Å². The number of nitrogens with one attached hydrogen (secondary N) is 16. The van der Waals surface area contributed by atoms with Crippen molar-refractivity contribution in [3.63, 3.8) is 0 Å². The number of benzene rings is 5. The second-order valence-corrected chi connectivity index (χ2v) is 29.7. The molecule has 0 aliphatic carbocycles. The average Bonchev–Trinajstić information content (AvgIpc) is 1.65. The Morgan fingerprint density at radius 1 is 0.509 bits per heavy atom. The van der Waals surface area contributed by atoms with Crippen LogP contribution in [0.4, 0.5) is 0 Å². The summed E-state index contributed by atoms with van der Waals surface area (Å²) in [5.41, 5.74) is 26.2. The minimum absolute atomic E-state index is 0.0161. The summed E-state index contributed by atoms with van der Waals surface area (Å²) in [6.45, 7) is 3.30. The van der Waals surface area contributed by atoms with Gasteiger partial charge in [-0.1, -0.05) is 143 Å². The molecular formula is C80H104N20O15S. The summed E-state index contributed by atoms with van der Waals surface area (Å²) in [5.74, 6) is -15.5. The van der Waals surface area contributed by atoms with E-state index in [9.17, 15) is 53.1 Å². The van der Waals surface area contributed by atoms with Gasteiger partial charge in [-0.15, -0.1) is 11.8 Å². The predicted molar refractivity (Wildman–Crippen MR) is 435 cm³/mol. The zero-order chi connectivity index (χ0) is 84.0. The summed E-state index contributed by atoms with van der Waals surface area (Å²) in [4.78, 5) is 208. The van der Waals surface area contributed by atoms with E-state index in [2.05, 4.69) is 79.1 Å². The van der Waals surface area contributed by atoms with E-state index in [4.69, 9.17) is 28.3 Å². The Kier molecular flexibility index (Phi) is 34.0. The Labute approximate surface area is 673 Å². The number of guanidine groups is 1. The zero-order valence-electron chi connectivity index (χ0n) is 64.7. The molecule has 3 heterocycles. The highest BCUT2D eigenvalue weighted by molar-refractivity contribution is 8.00. The number of aromatic nitrogens is 2. The largest absolute Gasteiger partial charge is 0.394 e. The molecule has 36 heteroatoms. The van der Waals surface area contributed by atoms with Gasteiger partial charge in [-0.2, -0.15) is 0 Å². The van der Waals surface area contributed by atoms with Crippen LogP contribution in [0.1, 0.15) is 107 Å². The summed E-state index contributed by atoms with van der Waals surface area (Å²) in [7, 11) is 0. The minimum Gasteiger partial charge on any atom is -0.394 e. The third kappa shape index (κ3) is 26.6. The van der Waals surface area contributed by atoms with Crippen LogP contribution in [0.15, 0.2) is 134 Å². The first-order valence-electron chi connectivity index (χ1n) is 38.4. The van der Waals surface area contributed by atoms with E-state index in [0.717, 1.165) is 22.5 Å². The average molecular weight is 1620 g/mol. The lowest BCUT2D eigenvalue weighted by Crippen LogP contribution is -2.60. The lowest BCUT2D eigenvalue weighted by molar-refractivity contribution is -0.136. The number of H-pyrrole nitrogens is 2. The van der Waals surface area contributed by atoms with Crippen LogP contribution in [0.25, 0.3) is 32.6 Å². The van der Waals surface area contributed by atoms with Gasteiger partial charge in [0.2, 0.25) is 82.7 Å². The van der Waals surface area contributed by atoms with Gasteiger partial charge in [0.25, 0.3) is 0 Å². The van der Waals surface area contributed by atoms with Crippen molar-refractivity contribution >= 4 is 133 Å². The standard InChI is InChI=1S/C80H104N20O15S/c1-4-5-24-56-73(109)100-68(47-19-7-6-8-20-47)79(115)96-60(36-50-39-88-54-26-14-12-23-52(50)54)77(113)99-67(44(2)3)78(114)98-63(69(83)105)42-116-43-66(104)91-58(34-45-29-30-46-18-9-10-21-48(46)33-45)74(110)93-57(28-17-32-86-80(84)85)72(108)97-62(41-101)70(106)89-40-65(103)90-55(27-15-16-31-81)71(107)95-61(37-64(82)102)76(112)94-59(75(111)92-56)35-49-38-87-53-25-13-11-22-51(49)53/h6-14,18-23,25-26,29-30,33,38-39,44,55-63,67-68,87-88,101H,4-5,15-17,24,27-28,31-32,34-37,40-43,81H2,1-3H3,(H2,82,102)(H2,83,105)(H,89,106)(H,90,103)(H,91,104)(H,92,111)(H,93,110)(H,94,112)(H,95,107)(H,96,115)(H,97,108)(H,98,114)(H,99,113)(H,100,109)(H4,84,85,86)/t55-,56-,57-,58-,59-,60-,61-,62-,63-,67-,68-/m0/s1. The number of aromatic amines is 2. The molecule has 620 valence electrons. The van der Waals surface area contributed by atoms with Crippen LogP contribution < -0.4 is 92.1 Å². The SMILES string of the molecule is CCCC[C@@H]1NC(=O)[C@H](Cc2c[nH]c3ccccc23)NC(=O)[C@H](CC(N)=O)NC(=O)[C@H](CCCCN)NC(=O)CNC(=O)[C@H](CO)NC(=O)[C@H](CCCNC(=N)N)NC(=O)[C@H](Cc2ccc3ccccc3c2)NC(=O)CSC[C@@H](C(N)=O)NC(=O)[C@H](C(C)C)NC(=O)[C@H](Cc2c[nH]c3ccccc23)NC(=O)[C@H](c2ccccc2)NC1=O. The number of amides is 14. The van der Waals surface area contributed by atoms with Crippen molar-refractivity contribution in [3.05, 3.63) is 156 Å². The number of carbonyl (C=O) groups is 14. The summed E-state index contributed by atoms with van der Waals surface area (Å²) < 4.78 is 0. The highest BCUT2D eigenvalue weighted by Crippen LogP contribution is 2.24. The Bertz CT molecular complexity index is 4650. The Morgan fingerprint density at radius 3 is 1.59 bits per heavy atom. The predicted octanol–water partition coefficient (Wildman–Crippen LogP) is -1.01. The lowest BCUT2D eigenvalue weighted by Gasteiger charge is -2.29. The van der Waals surface area contributed by atoms with Gasteiger partial charge in [0.15, 0.2) is 5.96 Å². The van der Waals surface area contributed by atoms with Crippen molar-refractivity contribution in [2.24, 2.45) is 28.9 Å². The molecule has 2 aromatic heterocycles. The Morgan fingerprint density at radius 2 is 1.01 bits per heavy atom. The molecule has 1 saturated heterocycles. The van der Waals surface area contributed by atoms with Crippen LogP contribution in [0.3, 0.4) is 0 Å². The van der Waals surface area contributed by atoms with Crippen molar-refractivity contribution in [1.82, 2.24) is 79.1 Å². The van der Waals surface area contributed by atoms with Gasteiger partial charge in [-0.05, 0) is 96.1 Å². The maximum Gasteiger partial charge on any atom is 0.247 e. The number of primary amides is 2. The van der Waals surface area contributed by atoms with Crippen molar-refractivity contribution in [3.8, 4) is 0 Å². The van der Waals surface area contributed by atoms with Crippen molar-refractivity contribution < 1.29 is 72.2 Å². The number of fused-ring (bicyclic) bond motifs is 3. The highest BCUT2D eigenvalue weighted by atomic mass is 32.2. The highest BCUT2D eigenvalue weighted by Gasteiger charge is 2.38. The molecule has 35 nitrogen and oxygen atoms in total. The van der Waals surface area contributed by atoms with Crippen molar-refractivity contribution in [2.45, 2.75) is 164 Å². The van der Waals surface area contributed by atoms with Crippen LogP contribution >= 0.6 is 11.8 Å². The normalized spacial score (nSPS) is 22.4. The number of aliphatic hydroxyl groups excluding tert-OH is 1. The molecule has 0 spiro atoms. The summed E-state index contributed by atoms with van der Waals surface area (Å²) >= 11 is 0.846. The van der Waals surface area contributed by atoms with E-state index in [-0.39, 0.29) is 75.8 Å². The van der Waals surface area contributed by atoms with Gasteiger partial charge >= 0.3 is 0 Å². The molecule has 0 saturated carbocycles. The van der Waals surface area contributed by atoms with Gasteiger partial charge in [0, 0.05) is 65.8 Å². The number of unbranched alkanes of at least 4 members (excludes halogenated alkanes) is 2. The molecule has 8 rings (SSSR count). The topological polar surface area (TPSA) is 575 Å². The first kappa shape index (κ1) is 89.1. The summed E-state index contributed by atoms with van der Waals surface area (Å²) in [5, 5.41) is 55.3. The van der Waals surface area contributed by atoms with Crippen LogP contribution in [-0.2, 0) is 86.4 Å². The maximum atomic E-state index is 15.3. The van der Waals surface area contributed by atoms with Crippen molar-refractivity contribution in [1.29, 1.82) is 5.41 Å². The monoisotopic (exact) mass is 1620 g/mol. The molecule has 0 radical (unpaired) electrons. The van der Waals surface area contributed by atoms with E-state index in [1.54, 1.807) is 123 Å². The first-order chi connectivity index (χ1) is 55.6. The second kappa shape index (κ2) is 44.3. The first-order valence-corrected chi connectivity index (χ1v) is 39.6. The van der Waals surface area contributed by atoms with E-state index < -0.39 is 186 Å². The number of para-hydroxylation sites is 2. The fraction of sp³-hybridized carbons (Fsp3) is 0.412. The number of hydrogen-bond donors (Lipinski definition) is 21. The third-order valence-electron chi connectivity index (χ3n) is 19.4. The quantitative estimate of drug-likeness (QED) is 0.0207. The molecule has 1 aliphatic rings. The number of nitrogens with two attached hydrogens (primary N) is 4. The number of aliphatic hydroxyl groups is 1. The molecule has 7 aromatic rings. The zero-order valence-corrected chi connectivity index (χ0v) is 65.6. The third-order valence-corrected chi connectivity index (χ3v) is 20.5. The number of hydrogen-bond acceptors (Lipinski definition) is 18. The smallest absolute Gasteiger partial charge is 0.247 e. The number of thioether (sulfide) groups is 1. The molecule has 116 heavy (non-hydrogen) atoms. The van der Waals surface area contributed by atoms with Gasteiger partial charge in [0.1, 0.15) is 66.5 Å². The van der Waals surface area contributed by atoms with Gasteiger partial charge in [-0.3, -0.25) is 72.5 Å². The summed E-state index contributed by atoms with van der Waals surface area (Å²) in [6, 6.07) is 17.7. The molecule has 1 aliphatic heterocycles. The van der Waals surface area contributed by atoms with Gasteiger partial charge in [0.05, 0.1) is 25.3 Å². The molecule has 0 bridgehead atoms. The van der Waals surface area contributed by atoms with E-state index >= 15 is 19.2 Å². The fourth-order valence-electron chi connectivity index (χ4n) is 13.2. The molecule has 25 N–H and O–H groups in total. The molecular weight excluding hydrogens is 1510 g/mol. The maximum absolute atomic E-state index is 15.3. The lowest BCUT2D eigenvalue weighted by atomic mass is 9.99. The summed E-state index contributed by atoms with van der Waals surface area (Å²) in [6.07, 6.45) is 2.86. The molecule has 1 fully saturated rings. The molecule has 5 aromatic carbocycles. The Hall–Kier alpha value is -12.4. The molecule has 0 unspecified atom stereocenters. The molecule has 11 atom stereocenters. The molecule has 14 amide bonds. The number of carbonyl (C=O) groups excluding carboxylic acids is 14. The van der Waals surface area contributed by atoms with E-state index in [1.807, 2.05) is 31.2 Å².